The van der Waals surface area contributed by atoms with Crippen LogP contribution < -0.4 is 10.6 Å². The molecule has 18 heavy (non-hydrogen) atoms. The van der Waals surface area contributed by atoms with Crippen molar-refractivity contribution in [3.8, 4) is 0 Å². The number of aromatic nitrogens is 1. The highest BCUT2D eigenvalue weighted by Gasteiger charge is 2.26. The molecule has 0 spiro atoms. The van der Waals surface area contributed by atoms with Gasteiger partial charge < -0.3 is 10.6 Å². The van der Waals surface area contributed by atoms with Crippen LogP contribution in [0.15, 0.2) is 35.8 Å². The van der Waals surface area contributed by atoms with Gasteiger partial charge in [0, 0.05) is 23.8 Å². The zero-order valence-electron chi connectivity index (χ0n) is 9.72. The van der Waals surface area contributed by atoms with Crippen molar-refractivity contribution >= 4 is 28.1 Å². The standard InChI is InChI=1S/C13H13N3OS/c17-12(16-13-15-7-8-18-13)10-5-6-14-11-4-2-1-3-9(10)11/h1-4,7-8,10,14H,5-6H2,(H,15,16,17). The lowest BCUT2D eigenvalue weighted by Crippen LogP contribution is -2.27. The molecular weight excluding hydrogens is 246 g/mol. The fraction of sp³-hybridized carbons (Fsp3) is 0.231. The molecule has 4 nitrogen and oxygen atoms in total. The Labute approximate surface area is 109 Å². The Kier molecular flexibility index (Phi) is 2.98. The summed E-state index contributed by atoms with van der Waals surface area (Å²) in [6, 6.07) is 7.97. The second-order valence-electron chi connectivity index (χ2n) is 4.18. The average molecular weight is 259 g/mol. The van der Waals surface area contributed by atoms with Crippen LogP contribution in [0.2, 0.25) is 0 Å². The minimum absolute atomic E-state index is 0.0268. The molecule has 0 saturated carbocycles. The molecule has 0 aliphatic carbocycles. The van der Waals surface area contributed by atoms with E-state index in [0.717, 1.165) is 24.2 Å². The number of nitrogens with one attached hydrogen (secondary N) is 2. The van der Waals surface area contributed by atoms with Crippen molar-refractivity contribution in [1.82, 2.24) is 4.98 Å². The van der Waals surface area contributed by atoms with Crippen LogP contribution in [-0.2, 0) is 4.79 Å². The maximum atomic E-state index is 12.3. The summed E-state index contributed by atoms with van der Waals surface area (Å²) in [6.07, 6.45) is 2.50. The molecule has 1 aliphatic rings. The number of amides is 1. The van der Waals surface area contributed by atoms with E-state index in [1.54, 1.807) is 6.20 Å². The van der Waals surface area contributed by atoms with Crippen molar-refractivity contribution in [2.45, 2.75) is 12.3 Å². The van der Waals surface area contributed by atoms with Gasteiger partial charge in [-0.2, -0.15) is 0 Å². The minimum Gasteiger partial charge on any atom is -0.385 e. The first-order valence-corrected chi connectivity index (χ1v) is 6.76. The van der Waals surface area contributed by atoms with Crippen molar-refractivity contribution in [3.63, 3.8) is 0 Å². The van der Waals surface area contributed by atoms with Gasteiger partial charge >= 0.3 is 0 Å². The van der Waals surface area contributed by atoms with E-state index in [2.05, 4.69) is 15.6 Å². The Morgan fingerprint density at radius 1 is 1.44 bits per heavy atom. The van der Waals surface area contributed by atoms with Crippen LogP contribution in [0.25, 0.3) is 0 Å². The average Bonchev–Trinajstić information content (AvgIpc) is 2.91. The molecular formula is C13H13N3OS. The number of fused-ring (bicyclic) bond motifs is 1. The van der Waals surface area contributed by atoms with Crippen molar-refractivity contribution in [2.75, 3.05) is 17.2 Å². The largest absolute Gasteiger partial charge is 0.385 e. The Balaban J connectivity index is 1.83. The van der Waals surface area contributed by atoms with Gasteiger partial charge in [0.05, 0.1) is 5.92 Å². The molecule has 0 radical (unpaired) electrons. The van der Waals surface area contributed by atoms with Crippen molar-refractivity contribution in [3.05, 3.63) is 41.4 Å². The van der Waals surface area contributed by atoms with Crippen LogP contribution in [-0.4, -0.2) is 17.4 Å². The molecule has 2 aromatic rings. The summed E-state index contributed by atoms with van der Waals surface area (Å²) in [6.45, 7) is 0.826. The number of thiazole rings is 1. The van der Waals surface area contributed by atoms with E-state index < -0.39 is 0 Å². The predicted octanol–water partition coefficient (Wildman–Crippen LogP) is 2.68. The zero-order chi connectivity index (χ0) is 12.4. The SMILES string of the molecule is O=C(Nc1nccs1)C1CCNc2ccccc21. The molecule has 1 aromatic carbocycles. The third kappa shape index (κ3) is 2.09. The van der Waals surface area contributed by atoms with Gasteiger partial charge in [-0.3, -0.25) is 4.79 Å². The molecule has 1 unspecified atom stereocenters. The Bertz CT molecular complexity index is 553. The fourth-order valence-electron chi connectivity index (χ4n) is 2.22. The van der Waals surface area contributed by atoms with Gasteiger partial charge in [0.15, 0.2) is 5.13 Å². The third-order valence-corrected chi connectivity index (χ3v) is 3.75. The lowest BCUT2D eigenvalue weighted by Gasteiger charge is -2.25. The van der Waals surface area contributed by atoms with Crippen molar-refractivity contribution in [1.29, 1.82) is 0 Å². The minimum atomic E-state index is -0.0913. The zero-order valence-corrected chi connectivity index (χ0v) is 10.5. The van der Waals surface area contributed by atoms with Gasteiger partial charge in [-0.1, -0.05) is 18.2 Å². The number of anilines is 2. The monoisotopic (exact) mass is 259 g/mol. The van der Waals surface area contributed by atoms with Crippen molar-refractivity contribution < 1.29 is 4.79 Å². The van der Waals surface area contributed by atoms with Crippen LogP contribution in [0.1, 0.15) is 17.9 Å². The number of hydrogen-bond donors (Lipinski definition) is 2. The first kappa shape index (κ1) is 11.2. The predicted molar refractivity (Wildman–Crippen MR) is 73.0 cm³/mol. The highest BCUT2D eigenvalue weighted by molar-refractivity contribution is 7.13. The highest BCUT2D eigenvalue weighted by atomic mass is 32.1. The van der Waals surface area contributed by atoms with E-state index in [0.29, 0.717) is 5.13 Å². The lowest BCUT2D eigenvalue weighted by molar-refractivity contribution is -0.117. The summed E-state index contributed by atoms with van der Waals surface area (Å²) in [4.78, 5) is 16.3. The first-order chi connectivity index (χ1) is 8.84. The summed E-state index contributed by atoms with van der Waals surface area (Å²) in [5.41, 5.74) is 2.13. The molecule has 2 N–H and O–H groups in total. The molecule has 0 bridgehead atoms. The quantitative estimate of drug-likeness (QED) is 0.871. The van der Waals surface area contributed by atoms with E-state index in [-0.39, 0.29) is 11.8 Å². The summed E-state index contributed by atoms with van der Waals surface area (Å²) in [5.74, 6) is -0.0646. The number of rotatable bonds is 2. The highest BCUT2D eigenvalue weighted by Crippen LogP contribution is 2.32. The topological polar surface area (TPSA) is 54.0 Å². The molecule has 2 heterocycles. The molecule has 92 valence electrons. The molecule has 1 aliphatic heterocycles. The van der Waals surface area contributed by atoms with E-state index in [4.69, 9.17) is 0 Å². The Morgan fingerprint density at radius 3 is 3.17 bits per heavy atom. The molecule has 1 amide bonds. The second-order valence-corrected chi connectivity index (χ2v) is 5.08. The number of nitrogens with zero attached hydrogens (tertiary/aromatic N) is 1. The lowest BCUT2D eigenvalue weighted by atomic mass is 9.90. The first-order valence-electron chi connectivity index (χ1n) is 5.88. The van der Waals surface area contributed by atoms with Crippen LogP contribution in [0, 0.1) is 0 Å². The summed E-state index contributed by atoms with van der Waals surface area (Å²) < 4.78 is 0. The number of carbonyl (C=O) groups excluding carboxylic acids is 1. The molecule has 1 atom stereocenters. The van der Waals surface area contributed by atoms with Crippen molar-refractivity contribution in [2.24, 2.45) is 0 Å². The van der Waals surface area contributed by atoms with Gasteiger partial charge in [-0.05, 0) is 18.1 Å². The molecule has 3 rings (SSSR count). The van der Waals surface area contributed by atoms with Gasteiger partial charge in [-0.25, -0.2) is 4.98 Å². The number of benzene rings is 1. The molecule has 0 fully saturated rings. The smallest absolute Gasteiger partial charge is 0.233 e. The molecule has 0 saturated heterocycles. The maximum absolute atomic E-state index is 12.3. The van der Waals surface area contributed by atoms with E-state index >= 15 is 0 Å². The summed E-state index contributed by atoms with van der Waals surface area (Å²) in [7, 11) is 0. The van der Waals surface area contributed by atoms with Gasteiger partial charge in [0.25, 0.3) is 0 Å². The van der Waals surface area contributed by atoms with Gasteiger partial charge in [-0.15, -0.1) is 11.3 Å². The molecule has 5 heteroatoms. The van der Waals surface area contributed by atoms with Crippen LogP contribution in [0.5, 0.6) is 0 Å². The normalized spacial score (nSPS) is 17.7. The van der Waals surface area contributed by atoms with Gasteiger partial charge in [0.2, 0.25) is 5.91 Å². The Hall–Kier alpha value is -1.88. The fourth-order valence-corrected chi connectivity index (χ4v) is 2.75. The van der Waals surface area contributed by atoms with E-state index in [1.165, 1.54) is 11.3 Å². The van der Waals surface area contributed by atoms with E-state index in [9.17, 15) is 4.79 Å². The Morgan fingerprint density at radius 2 is 2.33 bits per heavy atom. The number of carbonyl (C=O) groups is 1. The maximum Gasteiger partial charge on any atom is 0.233 e. The van der Waals surface area contributed by atoms with E-state index in [1.807, 2.05) is 29.6 Å². The number of hydrogen-bond acceptors (Lipinski definition) is 4. The summed E-state index contributed by atoms with van der Waals surface area (Å²) in [5, 5.41) is 8.70. The number of para-hydroxylation sites is 1. The molecule has 1 aromatic heterocycles. The van der Waals surface area contributed by atoms with Gasteiger partial charge in [0.1, 0.15) is 0 Å². The van der Waals surface area contributed by atoms with Crippen LogP contribution in [0.3, 0.4) is 0 Å². The van der Waals surface area contributed by atoms with Crippen LogP contribution >= 0.6 is 11.3 Å². The third-order valence-electron chi connectivity index (χ3n) is 3.06. The summed E-state index contributed by atoms with van der Waals surface area (Å²) >= 11 is 1.44. The second kappa shape index (κ2) is 4.78. The van der Waals surface area contributed by atoms with Crippen LogP contribution in [0.4, 0.5) is 10.8 Å².